The summed E-state index contributed by atoms with van der Waals surface area (Å²) < 4.78 is 2.13. The standard InChI is InChI=1S/C12H21N3OS/c1-12(4-2-7-17-12)10-13-8-11(16)9-15-6-3-5-14-15/h3,5-6,11,13,16H,2,4,7-10H2,1H3. The molecular formula is C12H21N3OS. The van der Waals surface area contributed by atoms with Crippen LogP contribution in [0.1, 0.15) is 19.8 Å². The summed E-state index contributed by atoms with van der Waals surface area (Å²) in [5.41, 5.74) is 0. The lowest BCUT2D eigenvalue weighted by molar-refractivity contribution is 0.146. The first-order valence-corrected chi connectivity index (χ1v) is 7.17. The molecule has 1 aromatic rings. The maximum Gasteiger partial charge on any atom is 0.0860 e. The molecule has 17 heavy (non-hydrogen) atoms. The number of aromatic nitrogens is 2. The quantitative estimate of drug-likeness (QED) is 0.800. The van der Waals surface area contributed by atoms with E-state index < -0.39 is 0 Å². The summed E-state index contributed by atoms with van der Waals surface area (Å²) >= 11 is 2.04. The van der Waals surface area contributed by atoms with Gasteiger partial charge in [0.05, 0.1) is 12.6 Å². The largest absolute Gasteiger partial charge is 0.390 e. The molecule has 1 aliphatic heterocycles. The SMILES string of the molecule is CC1(CNCC(O)Cn2cccn2)CCCS1. The summed E-state index contributed by atoms with van der Waals surface area (Å²) in [5, 5.41) is 17.3. The summed E-state index contributed by atoms with van der Waals surface area (Å²) in [7, 11) is 0. The maximum atomic E-state index is 9.85. The van der Waals surface area contributed by atoms with Gasteiger partial charge in [-0.05, 0) is 31.6 Å². The topological polar surface area (TPSA) is 50.1 Å². The van der Waals surface area contributed by atoms with Crippen LogP contribution in [0.4, 0.5) is 0 Å². The minimum Gasteiger partial charge on any atom is -0.390 e. The Kier molecular flexibility index (Phi) is 4.48. The van der Waals surface area contributed by atoms with Crippen LogP contribution in [-0.4, -0.2) is 44.6 Å². The molecule has 0 aliphatic carbocycles. The van der Waals surface area contributed by atoms with Crippen molar-refractivity contribution in [3.8, 4) is 0 Å². The van der Waals surface area contributed by atoms with E-state index in [1.807, 2.05) is 24.0 Å². The molecule has 0 aromatic carbocycles. The van der Waals surface area contributed by atoms with Gasteiger partial charge in [-0.15, -0.1) is 0 Å². The van der Waals surface area contributed by atoms with Crippen LogP contribution in [0.2, 0.25) is 0 Å². The van der Waals surface area contributed by atoms with Crippen LogP contribution in [0, 0.1) is 0 Å². The van der Waals surface area contributed by atoms with Gasteiger partial charge in [-0.1, -0.05) is 0 Å². The Labute approximate surface area is 107 Å². The molecule has 96 valence electrons. The first-order chi connectivity index (χ1) is 8.18. The number of hydrogen-bond acceptors (Lipinski definition) is 4. The van der Waals surface area contributed by atoms with Crippen molar-refractivity contribution < 1.29 is 5.11 Å². The summed E-state index contributed by atoms with van der Waals surface area (Å²) in [6.45, 7) is 4.48. The molecule has 1 saturated heterocycles. The minimum atomic E-state index is -0.370. The Balaban J connectivity index is 1.64. The third-order valence-corrected chi connectivity index (χ3v) is 4.67. The number of aliphatic hydroxyl groups is 1. The third kappa shape index (κ3) is 4.01. The van der Waals surface area contributed by atoms with Crippen molar-refractivity contribution in [2.45, 2.75) is 37.2 Å². The molecule has 2 N–H and O–H groups in total. The van der Waals surface area contributed by atoms with E-state index in [2.05, 4.69) is 17.3 Å². The fraction of sp³-hybridized carbons (Fsp3) is 0.750. The molecule has 2 atom stereocenters. The molecule has 0 amide bonds. The number of aliphatic hydroxyl groups excluding tert-OH is 1. The average Bonchev–Trinajstić information content (AvgIpc) is 2.90. The fourth-order valence-electron chi connectivity index (χ4n) is 2.17. The highest BCUT2D eigenvalue weighted by Crippen LogP contribution is 2.36. The van der Waals surface area contributed by atoms with Gasteiger partial charge in [-0.2, -0.15) is 16.9 Å². The van der Waals surface area contributed by atoms with E-state index in [0.717, 1.165) is 6.54 Å². The molecule has 2 rings (SSSR count). The highest BCUT2D eigenvalue weighted by molar-refractivity contribution is 8.00. The maximum absolute atomic E-state index is 9.85. The minimum absolute atomic E-state index is 0.366. The van der Waals surface area contributed by atoms with Gasteiger partial charge in [-0.25, -0.2) is 0 Å². The lowest BCUT2D eigenvalue weighted by Gasteiger charge is -2.23. The van der Waals surface area contributed by atoms with Gasteiger partial charge in [0, 0.05) is 30.2 Å². The molecule has 0 saturated carbocycles. The van der Waals surface area contributed by atoms with Crippen LogP contribution >= 0.6 is 11.8 Å². The molecule has 1 aromatic heterocycles. The van der Waals surface area contributed by atoms with Crippen molar-refractivity contribution in [1.82, 2.24) is 15.1 Å². The molecule has 5 heteroatoms. The second-order valence-electron chi connectivity index (χ2n) is 4.91. The van der Waals surface area contributed by atoms with Crippen molar-refractivity contribution >= 4 is 11.8 Å². The van der Waals surface area contributed by atoms with E-state index in [0.29, 0.717) is 17.8 Å². The van der Waals surface area contributed by atoms with E-state index in [1.54, 1.807) is 10.9 Å². The van der Waals surface area contributed by atoms with Gasteiger partial charge in [-0.3, -0.25) is 4.68 Å². The number of rotatable bonds is 6. The summed E-state index contributed by atoms with van der Waals surface area (Å²) in [6, 6.07) is 1.87. The average molecular weight is 255 g/mol. The Morgan fingerprint density at radius 3 is 3.18 bits per heavy atom. The fourth-order valence-corrected chi connectivity index (χ4v) is 3.44. The Bertz CT molecular complexity index is 323. The van der Waals surface area contributed by atoms with Crippen molar-refractivity contribution in [2.75, 3.05) is 18.8 Å². The van der Waals surface area contributed by atoms with Crippen molar-refractivity contribution in [3.05, 3.63) is 18.5 Å². The molecule has 4 nitrogen and oxygen atoms in total. The normalized spacial score (nSPS) is 26.2. The van der Waals surface area contributed by atoms with E-state index in [1.165, 1.54) is 18.6 Å². The Morgan fingerprint density at radius 2 is 2.53 bits per heavy atom. The summed E-state index contributed by atoms with van der Waals surface area (Å²) in [4.78, 5) is 0. The molecule has 2 heterocycles. The zero-order valence-corrected chi connectivity index (χ0v) is 11.1. The van der Waals surface area contributed by atoms with Gasteiger partial charge in [0.25, 0.3) is 0 Å². The van der Waals surface area contributed by atoms with Crippen LogP contribution in [0.5, 0.6) is 0 Å². The van der Waals surface area contributed by atoms with E-state index >= 15 is 0 Å². The van der Waals surface area contributed by atoms with Crippen LogP contribution in [0.25, 0.3) is 0 Å². The summed E-state index contributed by atoms with van der Waals surface area (Å²) in [6.07, 6.45) is 5.83. The van der Waals surface area contributed by atoms with Crippen LogP contribution in [0.3, 0.4) is 0 Å². The lowest BCUT2D eigenvalue weighted by Crippen LogP contribution is -2.38. The molecule has 2 unspecified atom stereocenters. The lowest BCUT2D eigenvalue weighted by atomic mass is 10.1. The van der Waals surface area contributed by atoms with Crippen molar-refractivity contribution in [3.63, 3.8) is 0 Å². The molecule has 0 spiro atoms. The number of nitrogens with zero attached hydrogens (tertiary/aromatic N) is 2. The number of hydrogen-bond donors (Lipinski definition) is 2. The van der Waals surface area contributed by atoms with Crippen molar-refractivity contribution in [1.29, 1.82) is 0 Å². The smallest absolute Gasteiger partial charge is 0.0860 e. The van der Waals surface area contributed by atoms with Gasteiger partial charge in [0.15, 0.2) is 0 Å². The molecule has 1 aliphatic rings. The Morgan fingerprint density at radius 1 is 1.65 bits per heavy atom. The highest BCUT2D eigenvalue weighted by Gasteiger charge is 2.28. The zero-order chi connectivity index (χ0) is 12.1. The van der Waals surface area contributed by atoms with Crippen LogP contribution in [0.15, 0.2) is 18.5 Å². The first kappa shape index (κ1) is 12.9. The molecule has 1 fully saturated rings. The van der Waals surface area contributed by atoms with E-state index in [4.69, 9.17) is 0 Å². The highest BCUT2D eigenvalue weighted by atomic mass is 32.2. The van der Waals surface area contributed by atoms with E-state index in [-0.39, 0.29) is 6.10 Å². The second kappa shape index (κ2) is 5.89. The van der Waals surface area contributed by atoms with Gasteiger partial charge in [0.1, 0.15) is 0 Å². The van der Waals surface area contributed by atoms with E-state index in [9.17, 15) is 5.11 Å². The monoisotopic (exact) mass is 255 g/mol. The summed E-state index contributed by atoms with van der Waals surface area (Å²) in [5.74, 6) is 1.27. The van der Waals surface area contributed by atoms with Crippen LogP contribution in [-0.2, 0) is 6.54 Å². The Hall–Kier alpha value is -0.520. The predicted molar refractivity (Wildman–Crippen MR) is 71.2 cm³/mol. The van der Waals surface area contributed by atoms with Crippen molar-refractivity contribution in [2.24, 2.45) is 0 Å². The van der Waals surface area contributed by atoms with Gasteiger partial charge >= 0.3 is 0 Å². The molecule has 0 radical (unpaired) electrons. The van der Waals surface area contributed by atoms with Crippen LogP contribution < -0.4 is 5.32 Å². The first-order valence-electron chi connectivity index (χ1n) is 6.18. The van der Waals surface area contributed by atoms with Gasteiger partial charge < -0.3 is 10.4 Å². The van der Waals surface area contributed by atoms with Gasteiger partial charge in [0.2, 0.25) is 0 Å². The zero-order valence-electron chi connectivity index (χ0n) is 10.3. The molecule has 0 bridgehead atoms. The number of nitrogens with one attached hydrogen (secondary N) is 1. The molecular weight excluding hydrogens is 234 g/mol. The predicted octanol–water partition coefficient (Wildman–Crippen LogP) is 1.12. The number of thioether (sulfide) groups is 1. The second-order valence-corrected chi connectivity index (χ2v) is 6.60. The third-order valence-electron chi connectivity index (χ3n) is 3.14.